The number of fused-ring (bicyclic) bond motifs is 1. The lowest BCUT2D eigenvalue weighted by molar-refractivity contribution is -0.129. The minimum atomic E-state index is -0.833. The van der Waals surface area contributed by atoms with Crippen LogP contribution in [-0.2, 0) is 23.7 Å². The maximum absolute atomic E-state index is 13.6. The number of aliphatic hydroxyl groups excluding tert-OH is 1. The number of nitrogens with one attached hydrogen (secondary N) is 3. The second-order valence-electron chi connectivity index (χ2n) is 13.3. The van der Waals surface area contributed by atoms with Crippen LogP contribution in [0.2, 0.25) is 0 Å². The molecule has 2 aromatic carbocycles. The highest BCUT2D eigenvalue weighted by molar-refractivity contribution is 7.99. The SMILES string of the molecule is CC(=O)N1CCC(Nc2cc(C(=O)NC[C@@H](O)[C@]3(C)NCc4cc(OCc5ocnc5C)ccc4CS3)cc(N3CCCCC3)c2)CC1. The van der Waals surface area contributed by atoms with E-state index in [1.54, 1.807) is 18.7 Å². The van der Waals surface area contributed by atoms with Gasteiger partial charge >= 0.3 is 0 Å². The highest BCUT2D eigenvalue weighted by Crippen LogP contribution is 2.35. The number of piperidine rings is 2. The van der Waals surface area contributed by atoms with Crippen LogP contribution in [0.5, 0.6) is 5.75 Å². The van der Waals surface area contributed by atoms with Crippen molar-refractivity contribution in [1.82, 2.24) is 20.5 Å². The van der Waals surface area contributed by atoms with Crippen molar-refractivity contribution < 1.29 is 23.8 Å². The summed E-state index contributed by atoms with van der Waals surface area (Å²) < 4.78 is 11.4. The van der Waals surface area contributed by atoms with Crippen LogP contribution in [0.3, 0.4) is 0 Å². The molecule has 48 heavy (non-hydrogen) atoms. The summed E-state index contributed by atoms with van der Waals surface area (Å²) in [5, 5.41) is 21.6. The summed E-state index contributed by atoms with van der Waals surface area (Å²) in [6.07, 6.45) is 5.82. The number of anilines is 2. The van der Waals surface area contributed by atoms with Crippen molar-refractivity contribution in [3.8, 4) is 5.75 Å². The number of aryl methyl sites for hydroxylation is 1. The molecule has 0 aliphatic carbocycles. The van der Waals surface area contributed by atoms with Crippen LogP contribution >= 0.6 is 11.8 Å². The Morgan fingerprint density at radius 1 is 1.12 bits per heavy atom. The van der Waals surface area contributed by atoms with E-state index in [-0.39, 0.29) is 24.4 Å². The first-order chi connectivity index (χ1) is 23.2. The second kappa shape index (κ2) is 15.2. The molecule has 2 amide bonds. The molecule has 3 aliphatic rings. The molecule has 0 spiro atoms. The zero-order valence-corrected chi connectivity index (χ0v) is 29.0. The normalized spacial score (nSPS) is 20.8. The maximum atomic E-state index is 13.6. The second-order valence-corrected chi connectivity index (χ2v) is 14.7. The van der Waals surface area contributed by atoms with E-state index in [1.807, 2.05) is 43.0 Å². The number of thioether (sulfide) groups is 1. The number of rotatable bonds is 10. The van der Waals surface area contributed by atoms with Crippen LogP contribution in [0, 0.1) is 6.92 Å². The van der Waals surface area contributed by atoms with E-state index < -0.39 is 11.0 Å². The number of hydrogen-bond donors (Lipinski definition) is 4. The van der Waals surface area contributed by atoms with Gasteiger partial charge in [0.25, 0.3) is 5.91 Å². The van der Waals surface area contributed by atoms with Gasteiger partial charge in [-0.1, -0.05) is 6.07 Å². The van der Waals surface area contributed by atoms with E-state index in [1.165, 1.54) is 18.4 Å². The van der Waals surface area contributed by atoms with E-state index in [0.29, 0.717) is 30.2 Å². The third-order valence-electron chi connectivity index (χ3n) is 9.85. The van der Waals surface area contributed by atoms with Gasteiger partial charge in [-0.3, -0.25) is 14.9 Å². The Morgan fingerprint density at radius 3 is 2.65 bits per heavy atom. The molecule has 2 atom stereocenters. The van der Waals surface area contributed by atoms with Gasteiger partial charge in [-0.2, -0.15) is 0 Å². The number of likely N-dealkylation sites (tertiary alicyclic amines) is 1. The predicted octanol–water partition coefficient (Wildman–Crippen LogP) is 4.82. The zero-order chi connectivity index (χ0) is 33.7. The van der Waals surface area contributed by atoms with Gasteiger partial charge < -0.3 is 34.7 Å². The first kappa shape index (κ1) is 34.1. The molecule has 4 heterocycles. The number of amides is 2. The highest BCUT2D eigenvalue weighted by Gasteiger charge is 2.35. The molecule has 0 unspecified atom stereocenters. The minimum Gasteiger partial charge on any atom is -0.486 e. The zero-order valence-electron chi connectivity index (χ0n) is 28.2. The van der Waals surface area contributed by atoms with Crippen molar-refractivity contribution in [2.24, 2.45) is 0 Å². The summed E-state index contributed by atoms with van der Waals surface area (Å²) in [6.45, 7) is 9.88. The molecule has 12 heteroatoms. The van der Waals surface area contributed by atoms with Gasteiger partial charge in [0.05, 0.1) is 16.7 Å². The largest absolute Gasteiger partial charge is 0.486 e. The van der Waals surface area contributed by atoms with E-state index >= 15 is 0 Å². The fraction of sp³-hybridized carbons (Fsp3) is 0.528. The highest BCUT2D eigenvalue weighted by atomic mass is 32.2. The van der Waals surface area contributed by atoms with Gasteiger partial charge in [0.2, 0.25) is 5.91 Å². The van der Waals surface area contributed by atoms with Crippen LogP contribution in [0.1, 0.15) is 78.9 Å². The molecule has 258 valence electrons. The van der Waals surface area contributed by atoms with Gasteiger partial charge in [0.15, 0.2) is 12.2 Å². The standard InChI is InChI=1S/C36H48N6O5S/c1-24-33(47-23-38-24)21-46-32-8-7-26-22-48-36(3,39-19-28(26)17-32)34(44)20-37-35(45)27-15-30(18-31(16-27)42-11-5-4-6-12-42)40-29-9-13-41(14-10-29)25(2)43/h7-8,15-18,23,29,34,39-40,44H,4-6,9-14,19-22H2,1-3H3,(H,37,45)/t34-,36-/m1/s1. The van der Waals surface area contributed by atoms with E-state index in [2.05, 4.69) is 38.0 Å². The van der Waals surface area contributed by atoms with Crippen LogP contribution in [0.4, 0.5) is 11.4 Å². The molecule has 3 aromatic rings. The number of hydrogen-bond acceptors (Lipinski definition) is 10. The molecule has 2 saturated heterocycles. The summed E-state index contributed by atoms with van der Waals surface area (Å²) in [7, 11) is 0. The lowest BCUT2D eigenvalue weighted by atomic mass is 10.0. The molecule has 11 nitrogen and oxygen atoms in total. The molecular formula is C36H48N6O5S. The molecule has 0 bridgehead atoms. The Hall–Kier alpha value is -3.74. The molecule has 2 fully saturated rings. The number of aliphatic hydroxyl groups is 1. The number of carbonyl (C=O) groups excluding carboxylic acids is 2. The third-order valence-corrected chi connectivity index (χ3v) is 11.3. The summed E-state index contributed by atoms with van der Waals surface area (Å²) in [4.78, 5) is 33.1. The fourth-order valence-corrected chi connectivity index (χ4v) is 7.78. The molecule has 6 rings (SSSR count). The number of oxazole rings is 1. The number of benzene rings is 2. The number of carbonyl (C=O) groups is 2. The van der Waals surface area contributed by atoms with E-state index in [4.69, 9.17) is 9.15 Å². The monoisotopic (exact) mass is 676 g/mol. The van der Waals surface area contributed by atoms with Crippen molar-refractivity contribution in [2.75, 3.05) is 42.9 Å². The van der Waals surface area contributed by atoms with Crippen LogP contribution in [0.25, 0.3) is 0 Å². The van der Waals surface area contributed by atoms with Crippen molar-refractivity contribution in [3.05, 3.63) is 70.9 Å². The average molecular weight is 677 g/mol. The smallest absolute Gasteiger partial charge is 0.251 e. The lowest BCUT2D eigenvalue weighted by Gasteiger charge is -2.34. The Bertz CT molecular complexity index is 1580. The van der Waals surface area contributed by atoms with Crippen molar-refractivity contribution in [3.63, 3.8) is 0 Å². The lowest BCUT2D eigenvalue weighted by Crippen LogP contribution is -2.53. The molecule has 1 aromatic heterocycles. The molecule has 4 N–H and O–H groups in total. The van der Waals surface area contributed by atoms with E-state index in [9.17, 15) is 14.7 Å². The third kappa shape index (κ3) is 8.27. The first-order valence-electron chi connectivity index (χ1n) is 17.1. The summed E-state index contributed by atoms with van der Waals surface area (Å²) in [6, 6.07) is 12.3. The van der Waals surface area contributed by atoms with Gasteiger partial charge in [-0.15, -0.1) is 11.8 Å². The molecule has 0 radical (unpaired) electrons. The average Bonchev–Trinajstić information content (AvgIpc) is 3.44. The first-order valence-corrected chi connectivity index (χ1v) is 18.1. The Kier molecular flexibility index (Phi) is 10.8. The summed E-state index contributed by atoms with van der Waals surface area (Å²) >= 11 is 1.63. The summed E-state index contributed by atoms with van der Waals surface area (Å²) in [5.74, 6) is 2.07. The van der Waals surface area contributed by atoms with Crippen molar-refractivity contribution in [1.29, 1.82) is 0 Å². The van der Waals surface area contributed by atoms with Crippen LogP contribution in [-0.4, -0.2) is 76.5 Å². The topological polar surface area (TPSA) is 132 Å². The number of nitrogens with zero attached hydrogens (tertiary/aromatic N) is 3. The van der Waals surface area contributed by atoms with E-state index in [0.717, 1.165) is 80.2 Å². The van der Waals surface area contributed by atoms with Gasteiger partial charge in [0, 0.05) is 74.9 Å². The predicted molar refractivity (Wildman–Crippen MR) is 188 cm³/mol. The Labute approximate surface area is 287 Å². The fourth-order valence-electron chi connectivity index (χ4n) is 6.60. The summed E-state index contributed by atoms with van der Waals surface area (Å²) in [5.41, 5.74) is 5.62. The van der Waals surface area contributed by atoms with Gasteiger partial charge in [-0.05, 0) is 87.4 Å². The van der Waals surface area contributed by atoms with Crippen molar-refractivity contribution >= 4 is 35.0 Å². The quantitative estimate of drug-likeness (QED) is 0.237. The van der Waals surface area contributed by atoms with Gasteiger partial charge in [0.1, 0.15) is 12.4 Å². The van der Waals surface area contributed by atoms with Gasteiger partial charge in [-0.25, -0.2) is 4.98 Å². The Morgan fingerprint density at radius 2 is 1.92 bits per heavy atom. The molecule has 3 aliphatic heterocycles. The number of aromatic nitrogens is 1. The van der Waals surface area contributed by atoms with Crippen LogP contribution in [0.15, 0.2) is 47.2 Å². The minimum absolute atomic E-state index is 0.108. The van der Waals surface area contributed by atoms with Crippen LogP contribution < -0.4 is 25.6 Å². The number of ether oxygens (including phenoxy) is 1. The Balaban J connectivity index is 1.08. The maximum Gasteiger partial charge on any atom is 0.251 e. The molecule has 0 saturated carbocycles. The molecular weight excluding hydrogens is 628 g/mol. The van der Waals surface area contributed by atoms with Crippen molar-refractivity contribution in [2.45, 2.75) is 88.8 Å².